The predicted molar refractivity (Wildman–Crippen MR) is 82.9 cm³/mol. The molecule has 0 saturated carbocycles. The number of halogens is 1. The largest absolute Gasteiger partial charge is 0.373 e. The quantitative estimate of drug-likeness (QED) is 0.941. The summed E-state index contributed by atoms with van der Waals surface area (Å²) < 4.78 is 13.0. The molecule has 0 bridgehead atoms. The van der Waals surface area contributed by atoms with Crippen LogP contribution < -0.4 is 5.32 Å². The maximum Gasteiger partial charge on any atom is 0.141 e. The predicted octanol–water partition coefficient (Wildman–Crippen LogP) is 2.70. The van der Waals surface area contributed by atoms with E-state index in [2.05, 4.69) is 25.2 Å². The van der Waals surface area contributed by atoms with Gasteiger partial charge in [0.25, 0.3) is 0 Å². The molecule has 116 valence electrons. The van der Waals surface area contributed by atoms with Crippen LogP contribution in [0.25, 0.3) is 0 Å². The molecule has 0 aromatic carbocycles. The highest BCUT2D eigenvalue weighted by Gasteiger charge is 2.28. The van der Waals surface area contributed by atoms with Crippen molar-refractivity contribution in [1.29, 1.82) is 0 Å². The van der Waals surface area contributed by atoms with Crippen LogP contribution in [0.1, 0.15) is 36.1 Å². The Morgan fingerprint density at radius 2 is 2.23 bits per heavy atom. The number of hydrogen-bond acceptors (Lipinski definition) is 5. The van der Waals surface area contributed by atoms with Crippen molar-refractivity contribution in [3.05, 3.63) is 47.4 Å². The Bertz CT molecular complexity index is 643. The van der Waals surface area contributed by atoms with Gasteiger partial charge in [-0.3, -0.25) is 9.88 Å². The third-order valence-corrected chi connectivity index (χ3v) is 3.97. The Labute approximate surface area is 129 Å². The SMILES string of the molecule is CNc1cc([C@H]2CCCN2Cc2ccc(F)cn2)nc(C)n1. The highest BCUT2D eigenvalue weighted by Crippen LogP contribution is 2.32. The van der Waals surface area contributed by atoms with Crippen LogP contribution in [0.3, 0.4) is 0 Å². The van der Waals surface area contributed by atoms with Gasteiger partial charge in [-0.25, -0.2) is 14.4 Å². The Balaban J connectivity index is 1.80. The highest BCUT2D eigenvalue weighted by atomic mass is 19.1. The highest BCUT2D eigenvalue weighted by molar-refractivity contribution is 5.36. The van der Waals surface area contributed by atoms with Crippen LogP contribution in [0, 0.1) is 12.7 Å². The first-order valence-electron chi connectivity index (χ1n) is 7.53. The molecule has 1 atom stereocenters. The molecular formula is C16H20FN5. The van der Waals surface area contributed by atoms with Crippen molar-refractivity contribution in [2.24, 2.45) is 0 Å². The smallest absolute Gasteiger partial charge is 0.141 e. The summed E-state index contributed by atoms with van der Waals surface area (Å²) in [6.45, 7) is 3.62. The molecule has 0 spiro atoms. The van der Waals surface area contributed by atoms with Crippen molar-refractivity contribution in [3.8, 4) is 0 Å². The van der Waals surface area contributed by atoms with E-state index in [1.807, 2.05) is 20.0 Å². The molecule has 2 aromatic heterocycles. The minimum absolute atomic E-state index is 0.264. The van der Waals surface area contributed by atoms with Crippen LogP contribution in [0.5, 0.6) is 0 Å². The van der Waals surface area contributed by atoms with Gasteiger partial charge in [-0.1, -0.05) is 0 Å². The second-order valence-corrected chi connectivity index (χ2v) is 5.57. The minimum atomic E-state index is -0.299. The lowest BCUT2D eigenvalue weighted by molar-refractivity contribution is 0.241. The first kappa shape index (κ1) is 14.8. The Morgan fingerprint density at radius 3 is 2.95 bits per heavy atom. The van der Waals surface area contributed by atoms with Gasteiger partial charge in [-0.15, -0.1) is 0 Å². The van der Waals surface area contributed by atoms with Gasteiger partial charge < -0.3 is 5.32 Å². The normalized spacial score (nSPS) is 18.6. The standard InChI is InChI=1S/C16H20FN5/c1-11-20-14(8-16(18-2)21-11)15-4-3-7-22(15)10-13-6-5-12(17)9-19-13/h5-6,8-9,15H,3-4,7,10H2,1-2H3,(H,18,20,21)/t15-/m1/s1. The number of aromatic nitrogens is 3. The van der Waals surface area contributed by atoms with E-state index in [1.54, 1.807) is 6.07 Å². The summed E-state index contributed by atoms with van der Waals surface area (Å²) in [5, 5.41) is 3.08. The fourth-order valence-corrected chi connectivity index (χ4v) is 2.95. The zero-order valence-electron chi connectivity index (χ0n) is 12.9. The van der Waals surface area contributed by atoms with E-state index in [0.29, 0.717) is 6.54 Å². The van der Waals surface area contributed by atoms with E-state index in [4.69, 9.17) is 0 Å². The average molecular weight is 301 g/mol. The fraction of sp³-hybridized carbons (Fsp3) is 0.438. The zero-order valence-corrected chi connectivity index (χ0v) is 12.9. The van der Waals surface area contributed by atoms with Crippen molar-refractivity contribution in [1.82, 2.24) is 19.9 Å². The molecule has 1 N–H and O–H groups in total. The van der Waals surface area contributed by atoms with Gasteiger partial charge in [0.05, 0.1) is 23.6 Å². The third kappa shape index (κ3) is 3.22. The van der Waals surface area contributed by atoms with Crippen LogP contribution in [0.4, 0.5) is 10.2 Å². The molecule has 2 aromatic rings. The molecular weight excluding hydrogens is 281 g/mol. The number of pyridine rings is 1. The van der Waals surface area contributed by atoms with Crippen LogP contribution >= 0.6 is 0 Å². The average Bonchev–Trinajstić information content (AvgIpc) is 2.97. The second-order valence-electron chi connectivity index (χ2n) is 5.57. The summed E-state index contributed by atoms with van der Waals surface area (Å²) in [6, 6.07) is 5.48. The number of hydrogen-bond donors (Lipinski definition) is 1. The van der Waals surface area contributed by atoms with E-state index in [9.17, 15) is 4.39 Å². The van der Waals surface area contributed by atoms with Crippen molar-refractivity contribution in [2.45, 2.75) is 32.4 Å². The molecule has 22 heavy (non-hydrogen) atoms. The number of nitrogens with one attached hydrogen (secondary N) is 1. The van der Waals surface area contributed by atoms with Gasteiger partial charge in [-0.05, 0) is 38.4 Å². The summed E-state index contributed by atoms with van der Waals surface area (Å²) in [7, 11) is 1.86. The lowest BCUT2D eigenvalue weighted by Gasteiger charge is -2.24. The minimum Gasteiger partial charge on any atom is -0.373 e. The number of rotatable bonds is 4. The van der Waals surface area contributed by atoms with Gasteiger partial charge in [0.15, 0.2) is 0 Å². The van der Waals surface area contributed by atoms with Crippen LogP contribution in [-0.4, -0.2) is 33.4 Å². The summed E-state index contributed by atoms with van der Waals surface area (Å²) in [5.74, 6) is 1.31. The lowest BCUT2D eigenvalue weighted by Crippen LogP contribution is -2.24. The second kappa shape index (κ2) is 6.36. The van der Waals surface area contributed by atoms with Gasteiger partial charge in [0, 0.05) is 19.7 Å². The molecule has 3 heterocycles. The Hall–Kier alpha value is -2.08. The third-order valence-electron chi connectivity index (χ3n) is 3.97. The molecule has 1 saturated heterocycles. The monoisotopic (exact) mass is 301 g/mol. The number of likely N-dealkylation sites (tertiary alicyclic amines) is 1. The summed E-state index contributed by atoms with van der Waals surface area (Å²) >= 11 is 0. The number of anilines is 1. The summed E-state index contributed by atoms with van der Waals surface area (Å²) in [5.41, 5.74) is 1.92. The molecule has 0 amide bonds. The zero-order chi connectivity index (χ0) is 15.5. The fourth-order valence-electron chi connectivity index (χ4n) is 2.95. The van der Waals surface area contributed by atoms with Crippen molar-refractivity contribution in [2.75, 3.05) is 18.9 Å². The van der Waals surface area contributed by atoms with E-state index in [1.165, 1.54) is 12.3 Å². The molecule has 1 fully saturated rings. The maximum absolute atomic E-state index is 13.0. The van der Waals surface area contributed by atoms with Crippen LogP contribution in [-0.2, 0) is 6.54 Å². The van der Waals surface area contributed by atoms with Crippen molar-refractivity contribution in [3.63, 3.8) is 0 Å². The van der Waals surface area contributed by atoms with Gasteiger partial charge >= 0.3 is 0 Å². The van der Waals surface area contributed by atoms with Gasteiger partial charge in [0.2, 0.25) is 0 Å². The van der Waals surface area contributed by atoms with Crippen molar-refractivity contribution < 1.29 is 4.39 Å². The summed E-state index contributed by atoms with van der Waals surface area (Å²) in [6.07, 6.45) is 3.47. The van der Waals surface area contributed by atoms with Gasteiger partial charge in [0.1, 0.15) is 17.5 Å². The van der Waals surface area contributed by atoms with E-state index >= 15 is 0 Å². The topological polar surface area (TPSA) is 53.9 Å². The molecule has 5 nitrogen and oxygen atoms in total. The molecule has 0 radical (unpaired) electrons. The molecule has 0 aliphatic carbocycles. The van der Waals surface area contributed by atoms with Crippen LogP contribution in [0.15, 0.2) is 24.4 Å². The summed E-state index contributed by atoms with van der Waals surface area (Å²) in [4.78, 5) is 15.5. The molecule has 0 unspecified atom stereocenters. The van der Waals surface area contributed by atoms with E-state index in [-0.39, 0.29) is 11.9 Å². The first-order valence-corrected chi connectivity index (χ1v) is 7.53. The molecule has 6 heteroatoms. The Kier molecular flexibility index (Phi) is 4.29. The number of aryl methyl sites for hydroxylation is 1. The maximum atomic E-state index is 13.0. The number of nitrogens with zero attached hydrogens (tertiary/aromatic N) is 4. The molecule has 1 aliphatic rings. The molecule has 1 aliphatic heterocycles. The van der Waals surface area contributed by atoms with Crippen LogP contribution in [0.2, 0.25) is 0 Å². The van der Waals surface area contributed by atoms with E-state index in [0.717, 1.165) is 42.4 Å². The Morgan fingerprint density at radius 1 is 1.36 bits per heavy atom. The van der Waals surface area contributed by atoms with E-state index < -0.39 is 0 Å². The molecule has 3 rings (SSSR count). The first-order chi connectivity index (χ1) is 10.7. The lowest BCUT2D eigenvalue weighted by atomic mass is 10.1. The van der Waals surface area contributed by atoms with Crippen molar-refractivity contribution >= 4 is 5.82 Å². The van der Waals surface area contributed by atoms with Gasteiger partial charge in [-0.2, -0.15) is 0 Å².